The Kier molecular flexibility index (Phi) is 3.52. The van der Waals surface area contributed by atoms with E-state index in [1.165, 1.54) is 5.56 Å². The van der Waals surface area contributed by atoms with Crippen molar-refractivity contribution in [2.75, 3.05) is 20.8 Å². The number of phenols is 1. The van der Waals surface area contributed by atoms with Crippen molar-refractivity contribution < 1.29 is 14.6 Å². The molecule has 0 saturated heterocycles. The van der Waals surface area contributed by atoms with Gasteiger partial charge in [0.2, 0.25) is 0 Å². The molecule has 0 bridgehead atoms. The molecule has 2 aromatic carbocycles. The van der Waals surface area contributed by atoms with E-state index in [2.05, 4.69) is 4.99 Å². The summed E-state index contributed by atoms with van der Waals surface area (Å²) in [7, 11) is 3.27. The minimum absolute atomic E-state index is 0.252. The zero-order valence-electron chi connectivity index (χ0n) is 12.1. The van der Waals surface area contributed by atoms with Crippen LogP contribution in [0.3, 0.4) is 0 Å². The van der Waals surface area contributed by atoms with Crippen molar-refractivity contribution in [2.45, 2.75) is 6.42 Å². The second kappa shape index (κ2) is 5.48. The van der Waals surface area contributed by atoms with Crippen molar-refractivity contribution in [2.24, 2.45) is 4.99 Å². The van der Waals surface area contributed by atoms with Gasteiger partial charge in [0.25, 0.3) is 0 Å². The Hall–Kier alpha value is -2.49. The fraction of sp³-hybridized carbons (Fsp3) is 0.235. The van der Waals surface area contributed by atoms with Crippen LogP contribution in [-0.2, 0) is 6.42 Å². The van der Waals surface area contributed by atoms with Crippen molar-refractivity contribution >= 4 is 5.71 Å². The van der Waals surface area contributed by atoms with Crippen LogP contribution in [0.2, 0.25) is 0 Å². The number of nitrogens with zero attached hydrogens (tertiary/aromatic N) is 1. The highest BCUT2D eigenvalue weighted by Gasteiger charge is 2.19. The molecular weight excluding hydrogens is 266 g/mol. The van der Waals surface area contributed by atoms with E-state index >= 15 is 0 Å². The van der Waals surface area contributed by atoms with E-state index in [9.17, 15) is 5.11 Å². The number of aromatic hydroxyl groups is 1. The first-order valence-electron chi connectivity index (χ1n) is 6.82. The normalized spacial score (nSPS) is 13.3. The third kappa shape index (κ3) is 2.44. The topological polar surface area (TPSA) is 51.0 Å². The van der Waals surface area contributed by atoms with Crippen LogP contribution in [0, 0.1) is 0 Å². The first-order chi connectivity index (χ1) is 10.2. The second-order valence-corrected chi connectivity index (χ2v) is 4.89. The number of hydrogen-bond acceptors (Lipinski definition) is 4. The van der Waals surface area contributed by atoms with E-state index in [1.54, 1.807) is 26.4 Å². The maximum Gasteiger partial charge on any atom is 0.161 e. The molecule has 0 atom stereocenters. The summed E-state index contributed by atoms with van der Waals surface area (Å²) >= 11 is 0. The summed E-state index contributed by atoms with van der Waals surface area (Å²) in [5.41, 5.74) is 4.17. The van der Waals surface area contributed by atoms with Gasteiger partial charge in [-0.05, 0) is 48.4 Å². The van der Waals surface area contributed by atoms with Gasteiger partial charge in [0, 0.05) is 17.7 Å². The third-order valence-electron chi connectivity index (χ3n) is 3.66. The van der Waals surface area contributed by atoms with Gasteiger partial charge >= 0.3 is 0 Å². The van der Waals surface area contributed by atoms with Crippen LogP contribution in [0.4, 0.5) is 0 Å². The van der Waals surface area contributed by atoms with Gasteiger partial charge in [0.15, 0.2) is 11.5 Å². The van der Waals surface area contributed by atoms with Gasteiger partial charge in [-0.15, -0.1) is 0 Å². The predicted octanol–water partition coefficient (Wildman–Crippen LogP) is 2.80. The molecule has 2 aromatic rings. The van der Waals surface area contributed by atoms with Crippen LogP contribution in [0.5, 0.6) is 17.2 Å². The number of ether oxygens (including phenoxy) is 2. The molecule has 4 heteroatoms. The molecule has 0 fully saturated rings. The molecular formula is C17H17NO3. The number of benzene rings is 2. The van der Waals surface area contributed by atoms with Gasteiger partial charge in [0.05, 0.1) is 19.9 Å². The van der Waals surface area contributed by atoms with Gasteiger partial charge in [-0.3, -0.25) is 4.99 Å². The summed E-state index contributed by atoms with van der Waals surface area (Å²) in [4.78, 5) is 4.64. The number of fused-ring (bicyclic) bond motifs is 1. The molecule has 1 aliphatic heterocycles. The molecule has 3 rings (SSSR count). The molecule has 0 amide bonds. The minimum Gasteiger partial charge on any atom is -0.508 e. The summed E-state index contributed by atoms with van der Waals surface area (Å²) in [5, 5.41) is 9.42. The van der Waals surface area contributed by atoms with Crippen LogP contribution >= 0.6 is 0 Å². The zero-order chi connectivity index (χ0) is 14.8. The minimum atomic E-state index is 0.252. The van der Waals surface area contributed by atoms with E-state index in [-0.39, 0.29) is 5.75 Å². The maximum absolute atomic E-state index is 9.42. The van der Waals surface area contributed by atoms with Crippen molar-refractivity contribution in [1.29, 1.82) is 0 Å². The van der Waals surface area contributed by atoms with Crippen LogP contribution in [0.15, 0.2) is 41.4 Å². The molecule has 0 aromatic heterocycles. The molecule has 0 unspecified atom stereocenters. The third-order valence-corrected chi connectivity index (χ3v) is 3.66. The lowest BCUT2D eigenvalue weighted by Crippen LogP contribution is -2.14. The lowest BCUT2D eigenvalue weighted by Gasteiger charge is -2.20. The first-order valence-corrected chi connectivity index (χ1v) is 6.82. The Morgan fingerprint density at radius 3 is 2.33 bits per heavy atom. The summed E-state index contributed by atoms with van der Waals surface area (Å²) in [6, 6.07) is 11.1. The lowest BCUT2D eigenvalue weighted by atomic mass is 9.92. The van der Waals surface area contributed by atoms with Gasteiger partial charge in [-0.25, -0.2) is 0 Å². The maximum atomic E-state index is 9.42. The average Bonchev–Trinajstić information content (AvgIpc) is 2.53. The molecule has 0 aliphatic carbocycles. The van der Waals surface area contributed by atoms with Crippen molar-refractivity contribution in [3.05, 3.63) is 53.1 Å². The molecule has 1 heterocycles. The Bertz CT molecular complexity index is 690. The van der Waals surface area contributed by atoms with Crippen LogP contribution < -0.4 is 9.47 Å². The standard InChI is InChI=1S/C17H17NO3/c1-20-15-9-12-7-8-18-17(14(12)10-16(15)21-2)11-3-5-13(19)6-4-11/h3-6,9-10,19H,7-8H2,1-2H3. The number of methoxy groups -OCH3 is 2. The SMILES string of the molecule is COc1cc2c(cc1OC)C(c1ccc(O)cc1)=NCC2. The Labute approximate surface area is 123 Å². The van der Waals surface area contributed by atoms with Gasteiger partial charge in [-0.2, -0.15) is 0 Å². The second-order valence-electron chi connectivity index (χ2n) is 4.89. The lowest BCUT2D eigenvalue weighted by molar-refractivity contribution is 0.354. The molecule has 0 spiro atoms. The summed E-state index contributed by atoms with van der Waals surface area (Å²) in [5.74, 6) is 1.69. The van der Waals surface area contributed by atoms with E-state index in [0.717, 1.165) is 35.6 Å². The fourth-order valence-electron chi connectivity index (χ4n) is 2.59. The van der Waals surface area contributed by atoms with Gasteiger partial charge < -0.3 is 14.6 Å². The Morgan fingerprint density at radius 2 is 1.67 bits per heavy atom. The zero-order valence-corrected chi connectivity index (χ0v) is 12.1. The van der Waals surface area contributed by atoms with Crippen molar-refractivity contribution in [3.63, 3.8) is 0 Å². The highest BCUT2D eigenvalue weighted by molar-refractivity contribution is 6.14. The molecule has 1 N–H and O–H groups in total. The fourth-order valence-corrected chi connectivity index (χ4v) is 2.59. The smallest absolute Gasteiger partial charge is 0.161 e. The molecule has 0 saturated carbocycles. The van der Waals surface area contributed by atoms with E-state index < -0.39 is 0 Å². The molecule has 4 nitrogen and oxygen atoms in total. The van der Waals surface area contributed by atoms with Crippen LogP contribution in [0.25, 0.3) is 0 Å². The van der Waals surface area contributed by atoms with Crippen LogP contribution in [-0.4, -0.2) is 31.6 Å². The van der Waals surface area contributed by atoms with Gasteiger partial charge in [-0.1, -0.05) is 0 Å². The Morgan fingerprint density at radius 1 is 1.00 bits per heavy atom. The summed E-state index contributed by atoms with van der Waals surface area (Å²) in [6.07, 6.45) is 0.886. The molecule has 108 valence electrons. The molecule has 1 aliphatic rings. The monoisotopic (exact) mass is 283 g/mol. The quantitative estimate of drug-likeness (QED) is 0.942. The summed E-state index contributed by atoms with van der Waals surface area (Å²) < 4.78 is 10.7. The van der Waals surface area contributed by atoms with Crippen LogP contribution in [0.1, 0.15) is 16.7 Å². The number of aliphatic imine (C=N–C) groups is 1. The van der Waals surface area contributed by atoms with E-state index in [0.29, 0.717) is 5.75 Å². The van der Waals surface area contributed by atoms with E-state index in [1.807, 2.05) is 24.3 Å². The number of rotatable bonds is 3. The predicted molar refractivity (Wildman–Crippen MR) is 81.9 cm³/mol. The highest BCUT2D eigenvalue weighted by atomic mass is 16.5. The molecule has 0 radical (unpaired) electrons. The summed E-state index contributed by atoms with van der Waals surface area (Å²) in [6.45, 7) is 0.749. The molecule has 21 heavy (non-hydrogen) atoms. The van der Waals surface area contributed by atoms with Crippen molar-refractivity contribution in [1.82, 2.24) is 0 Å². The number of hydrogen-bond donors (Lipinski definition) is 1. The highest BCUT2D eigenvalue weighted by Crippen LogP contribution is 2.33. The van der Waals surface area contributed by atoms with Crippen molar-refractivity contribution in [3.8, 4) is 17.2 Å². The van der Waals surface area contributed by atoms with Gasteiger partial charge in [0.1, 0.15) is 5.75 Å². The largest absolute Gasteiger partial charge is 0.508 e. The van der Waals surface area contributed by atoms with E-state index in [4.69, 9.17) is 9.47 Å². The Balaban J connectivity index is 2.11. The average molecular weight is 283 g/mol. The number of phenolic OH excluding ortho intramolecular Hbond substituents is 1. The first kappa shape index (κ1) is 13.5.